The van der Waals surface area contributed by atoms with E-state index in [0.29, 0.717) is 43.0 Å². The van der Waals surface area contributed by atoms with Crippen molar-refractivity contribution < 1.29 is 14.6 Å². The number of hydrogen-bond donors (Lipinski definition) is 1. The minimum Gasteiger partial charge on any atom is -0.486 e. The van der Waals surface area contributed by atoms with Crippen LogP contribution in [0.15, 0.2) is 49.4 Å². The Morgan fingerprint density at radius 1 is 1.23 bits per heavy atom. The van der Waals surface area contributed by atoms with E-state index in [-0.39, 0.29) is 11.8 Å². The molecule has 1 amide bonds. The van der Waals surface area contributed by atoms with Gasteiger partial charge in [0.25, 0.3) is 0 Å². The SMILES string of the molecule is C=CC(C)C(=O)N1CCN(c2ccc(-c3cc(O[C@@H](C)[C@H](C)O)cn4ncc(C#N)c34)cn2)CC1. The smallest absolute Gasteiger partial charge is 0.229 e. The fourth-order valence-electron chi connectivity index (χ4n) is 4.05. The Bertz CT molecular complexity index is 1250. The van der Waals surface area contributed by atoms with Crippen molar-refractivity contribution in [1.82, 2.24) is 19.5 Å². The van der Waals surface area contributed by atoms with Crippen LogP contribution < -0.4 is 9.64 Å². The number of rotatable bonds is 7. The maximum Gasteiger partial charge on any atom is 0.229 e. The molecule has 0 bridgehead atoms. The molecule has 1 N–H and O–H groups in total. The molecule has 0 aliphatic carbocycles. The highest BCUT2D eigenvalue weighted by atomic mass is 16.5. The van der Waals surface area contributed by atoms with Gasteiger partial charge in [0.15, 0.2) is 0 Å². The van der Waals surface area contributed by atoms with Crippen molar-refractivity contribution >= 4 is 17.2 Å². The molecular formula is C26H30N6O3. The molecule has 1 fully saturated rings. The van der Waals surface area contributed by atoms with Crippen molar-refractivity contribution in [3.8, 4) is 22.9 Å². The van der Waals surface area contributed by atoms with Gasteiger partial charge in [-0.15, -0.1) is 6.58 Å². The summed E-state index contributed by atoms with van der Waals surface area (Å²) in [6, 6.07) is 7.95. The Hall–Kier alpha value is -3.90. The van der Waals surface area contributed by atoms with Gasteiger partial charge in [-0.1, -0.05) is 13.0 Å². The van der Waals surface area contributed by atoms with Crippen LogP contribution in [-0.2, 0) is 4.79 Å². The van der Waals surface area contributed by atoms with Gasteiger partial charge in [-0.25, -0.2) is 9.50 Å². The Morgan fingerprint density at radius 2 is 1.97 bits per heavy atom. The van der Waals surface area contributed by atoms with E-state index in [1.807, 2.05) is 30.0 Å². The minimum atomic E-state index is -0.641. The molecule has 35 heavy (non-hydrogen) atoms. The van der Waals surface area contributed by atoms with E-state index in [9.17, 15) is 15.2 Å². The molecular weight excluding hydrogens is 444 g/mol. The molecule has 0 radical (unpaired) electrons. The normalized spacial score (nSPS) is 16.4. The van der Waals surface area contributed by atoms with Gasteiger partial charge in [0.05, 0.1) is 35.5 Å². The maximum atomic E-state index is 12.4. The van der Waals surface area contributed by atoms with Crippen molar-refractivity contribution in [3.05, 3.63) is 55.0 Å². The fraction of sp³-hybridized carbons (Fsp3) is 0.385. The lowest BCUT2D eigenvalue weighted by Crippen LogP contribution is -2.50. The molecule has 3 atom stereocenters. The predicted molar refractivity (Wildman–Crippen MR) is 133 cm³/mol. The molecule has 182 valence electrons. The van der Waals surface area contributed by atoms with Gasteiger partial charge in [-0.3, -0.25) is 4.79 Å². The Kier molecular flexibility index (Phi) is 7.03. The molecule has 0 spiro atoms. The number of aromatic nitrogens is 3. The largest absolute Gasteiger partial charge is 0.486 e. The fourth-order valence-corrected chi connectivity index (χ4v) is 4.05. The van der Waals surface area contributed by atoms with Gasteiger partial charge < -0.3 is 19.6 Å². The zero-order valence-corrected chi connectivity index (χ0v) is 20.3. The molecule has 9 heteroatoms. The molecule has 1 aliphatic heterocycles. The summed E-state index contributed by atoms with van der Waals surface area (Å²) in [5.41, 5.74) is 2.71. The van der Waals surface area contributed by atoms with E-state index < -0.39 is 12.2 Å². The number of carbonyl (C=O) groups is 1. The summed E-state index contributed by atoms with van der Waals surface area (Å²) >= 11 is 0. The lowest BCUT2D eigenvalue weighted by atomic mass is 10.1. The second-order valence-electron chi connectivity index (χ2n) is 8.86. The summed E-state index contributed by atoms with van der Waals surface area (Å²) in [4.78, 5) is 21.1. The molecule has 1 aliphatic rings. The zero-order valence-electron chi connectivity index (χ0n) is 20.3. The first-order chi connectivity index (χ1) is 16.8. The summed E-state index contributed by atoms with van der Waals surface area (Å²) in [5.74, 6) is 1.29. The molecule has 1 unspecified atom stereocenters. The van der Waals surface area contributed by atoms with E-state index in [1.54, 1.807) is 36.8 Å². The Morgan fingerprint density at radius 3 is 2.57 bits per heavy atom. The van der Waals surface area contributed by atoms with Crippen molar-refractivity contribution in [1.29, 1.82) is 5.26 Å². The number of carbonyl (C=O) groups excluding carboxylic acids is 1. The maximum absolute atomic E-state index is 12.4. The van der Waals surface area contributed by atoms with Crippen LogP contribution in [0.5, 0.6) is 5.75 Å². The first kappa shape index (κ1) is 24.2. The van der Waals surface area contributed by atoms with Crippen LogP contribution in [0.4, 0.5) is 5.82 Å². The average molecular weight is 475 g/mol. The minimum absolute atomic E-state index is 0.105. The summed E-state index contributed by atoms with van der Waals surface area (Å²) in [7, 11) is 0. The quantitative estimate of drug-likeness (QED) is 0.525. The number of ether oxygens (including phenoxy) is 1. The van der Waals surface area contributed by atoms with Crippen LogP contribution in [-0.4, -0.2) is 68.9 Å². The highest BCUT2D eigenvalue weighted by Crippen LogP contribution is 2.32. The number of amides is 1. The third-order valence-electron chi connectivity index (χ3n) is 6.43. The lowest BCUT2D eigenvalue weighted by Gasteiger charge is -2.36. The van der Waals surface area contributed by atoms with Crippen molar-refractivity contribution in [2.45, 2.75) is 33.0 Å². The van der Waals surface area contributed by atoms with Crippen molar-refractivity contribution in [2.75, 3.05) is 31.1 Å². The monoisotopic (exact) mass is 474 g/mol. The molecule has 4 heterocycles. The number of fused-ring (bicyclic) bond motifs is 1. The number of nitriles is 1. The highest BCUT2D eigenvalue weighted by molar-refractivity contribution is 5.85. The van der Waals surface area contributed by atoms with Crippen LogP contribution in [0.25, 0.3) is 16.6 Å². The van der Waals surface area contributed by atoms with Crippen molar-refractivity contribution in [2.24, 2.45) is 5.92 Å². The van der Waals surface area contributed by atoms with E-state index in [0.717, 1.165) is 16.9 Å². The molecule has 3 aromatic heterocycles. The van der Waals surface area contributed by atoms with E-state index in [2.05, 4.69) is 27.6 Å². The van der Waals surface area contributed by atoms with Crippen LogP contribution in [0, 0.1) is 17.2 Å². The summed E-state index contributed by atoms with van der Waals surface area (Å²) < 4.78 is 7.52. The molecule has 3 aromatic rings. The van der Waals surface area contributed by atoms with E-state index in [1.165, 1.54) is 6.20 Å². The van der Waals surface area contributed by atoms with Crippen LogP contribution in [0.2, 0.25) is 0 Å². The van der Waals surface area contributed by atoms with Crippen molar-refractivity contribution in [3.63, 3.8) is 0 Å². The third-order valence-corrected chi connectivity index (χ3v) is 6.43. The van der Waals surface area contributed by atoms with Crippen LogP contribution in [0.1, 0.15) is 26.3 Å². The number of piperazine rings is 1. The topological polar surface area (TPSA) is 107 Å². The average Bonchev–Trinajstić information content (AvgIpc) is 3.30. The third kappa shape index (κ3) is 4.98. The number of anilines is 1. The zero-order chi connectivity index (χ0) is 25.1. The lowest BCUT2D eigenvalue weighted by molar-refractivity contribution is -0.133. The summed E-state index contributed by atoms with van der Waals surface area (Å²) in [5, 5.41) is 23.7. The van der Waals surface area contributed by atoms with Gasteiger partial charge in [0, 0.05) is 43.5 Å². The van der Waals surface area contributed by atoms with E-state index in [4.69, 9.17) is 4.74 Å². The molecule has 4 rings (SSSR count). The first-order valence-electron chi connectivity index (χ1n) is 11.7. The van der Waals surface area contributed by atoms with Gasteiger partial charge >= 0.3 is 0 Å². The van der Waals surface area contributed by atoms with Crippen LogP contribution >= 0.6 is 0 Å². The summed E-state index contributed by atoms with van der Waals surface area (Å²) in [6.07, 6.45) is 5.63. The second kappa shape index (κ2) is 10.2. The molecule has 9 nitrogen and oxygen atoms in total. The van der Waals surface area contributed by atoms with Gasteiger partial charge in [0.2, 0.25) is 5.91 Å². The molecule has 1 saturated heterocycles. The van der Waals surface area contributed by atoms with Crippen LogP contribution in [0.3, 0.4) is 0 Å². The number of pyridine rings is 2. The number of aliphatic hydroxyl groups is 1. The summed E-state index contributed by atoms with van der Waals surface area (Å²) in [6.45, 7) is 11.7. The predicted octanol–water partition coefficient (Wildman–Crippen LogP) is 2.89. The van der Waals surface area contributed by atoms with Gasteiger partial charge in [-0.05, 0) is 32.0 Å². The standard InChI is InChI=1S/C26H30N6O3/c1-5-17(2)26(34)31-10-8-30(9-11-31)24-7-6-20(14-28-24)23-12-22(35-19(4)18(3)33)16-32-25(23)21(13-27)15-29-32/h5-7,12,14-19,33H,1,8-11H2,2-4H3/t17?,18-,19-/m0/s1. The number of nitrogens with zero attached hydrogens (tertiary/aromatic N) is 6. The van der Waals surface area contributed by atoms with Gasteiger partial charge in [-0.2, -0.15) is 10.4 Å². The first-order valence-corrected chi connectivity index (χ1v) is 11.7. The highest BCUT2D eigenvalue weighted by Gasteiger charge is 2.24. The van der Waals surface area contributed by atoms with Gasteiger partial charge in [0.1, 0.15) is 23.7 Å². The van der Waals surface area contributed by atoms with E-state index >= 15 is 0 Å². The Labute approximate surface area is 204 Å². The number of aliphatic hydroxyl groups excluding tert-OH is 1. The molecule has 0 aromatic carbocycles. The second-order valence-corrected chi connectivity index (χ2v) is 8.86. The Balaban J connectivity index is 1.58. The number of hydrogen-bond acceptors (Lipinski definition) is 7. The molecule has 0 saturated carbocycles.